The number of rotatable bonds is 7. The zero-order chi connectivity index (χ0) is 21.1. The van der Waals surface area contributed by atoms with Crippen LogP contribution >= 0.6 is 0 Å². The van der Waals surface area contributed by atoms with Crippen LogP contribution in [0.3, 0.4) is 0 Å². The molecule has 2 aromatic carbocycles. The van der Waals surface area contributed by atoms with Gasteiger partial charge in [-0.15, -0.1) is 0 Å². The molecule has 0 spiro atoms. The normalized spacial score (nSPS) is 11.1. The van der Waals surface area contributed by atoms with Crippen molar-refractivity contribution in [1.82, 2.24) is 19.7 Å². The number of benzene rings is 2. The standard InChI is InChI=1S/C22H22FN5O2/c1-3-30-19-9-16(23)8-18(10-19)28(6-7-29)17-4-5-20-21(11-17)26-22(13-24-20)15-12-25-27(2)14-15/h4-5,8-14,29H,3,6-7H2,1-2H3. The molecule has 0 aliphatic heterocycles. The van der Waals surface area contributed by atoms with Gasteiger partial charge in [-0.25, -0.2) is 9.37 Å². The maximum absolute atomic E-state index is 14.2. The molecule has 0 amide bonds. The van der Waals surface area contributed by atoms with E-state index in [0.29, 0.717) is 29.3 Å². The van der Waals surface area contributed by atoms with E-state index in [0.717, 1.165) is 16.8 Å². The SMILES string of the molecule is CCOc1cc(F)cc(N(CCO)c2ccc3ncc(-c4cnn(C)c4)nc3c2)c1. The molecular weight excluding hydrogens is 385 g/mol. The third kappa shape index (κ3) is 4.08. The number of anilines is 2. The Hall–Kier alpha value is -3.52. The lowest BCUT2D eigenvalue weighted by Gasteiger charge is -2.25. The van der Waals surface area contributed by atoms with Crippen molar-refractivity contribution < 1.29 is 14.2 Å². The summed E-state index contributed by atoms with van der Waals surface area (Å²) in [5, 5.41) is 13.8. The first kappa shape index (κ1) is 19.8. The highest BCUT2D eigenvalue weighted by Gasteiger charge is 2.14. The summed E-state index contributed by atoms with van der Waals surface area (Å²) in [5.74, 6) is 0.0354. The number of aliphatic hydroxyl groups is 1. The van der Waals surface area contributed by atoms with Gasteiger partial charge in [-0.1, -0.05) is 0 Å². The van der Waals surface area contributed by atoms with Gasteiger partial charge in [0, 0.05) is 48.9 Å². The number of ether oxygens (including phenoxy) is 1. The van der Waals surface area contributed by atoms with Gasteiger partial charge >= 0.3 is 0 Å². The summed E-state index contributed by atoms with van der Waals surface area (Å²) in [6, 6.07) is 10.1. The van der Waals surface area contributed by atoms with Crippen molar-refractivity contribution in [3.8, 4) is 17.0 Å². The molecule has 7 nitrogen and oxygen atoms in total. The molecule has 2 aromatic heterocycles. The van der Waals surface area contributed by atoms with E-state index >= 15 is 0 Å². The summed E-state index contributed by atoms with van der Waals surface area (Å²) < 4.78 is 21.3. The molecule has 1 N–H and O–H groups in total. The molecule has 30 heavy (non-hydrogen) atoms. The Balaban J connectivity index is 1.76. The molecule has 154 valence electrons. The summed E-state index contributed by atoms with van der Waals surface area (Å²) in [7, 11) is 1.85. The second-order valence-corrected chi connectivity index (χ2v) is 6.78. The minimum absolute atomic E-state index is 0.0973. The van der Waals surface area contributed by atoms with Crippen molar-refractivity contribution in [1.29, 1.82) is 0 Å². The van der Waals surface area contributed by atoms with Crippen molar-refractivity contribution in [2.75, 3.05) is 24.7 Å². The molecule has 0 aliphatic carbocycles. The monoisotopic (exact) mass is 407 g/mol. The van der Waals surface area contributed by atoms with E-state index < -0.39 is 5.82 Å². The number of hydrogen-bond acceptors (Lipinski definition) is 6. The van der Waals surface area contributed by atoms with Crippen LogP contribution in [-0.2, 0) is 7.05 Å². The van der Waals surface area contributed by atoms with Crippen molar-refractivity contribution in [3.63, 3.8) is 0 Å². The molecule has 8 heteroatoms. The molecule has 0 fully saturated rings. The number of aromatic nitrogens is 4. The Morgan fingerprint density at radius 2 is 1.97 bits per heavy atom. The molecule has 0 bridgehead atoms. The minimum Gasteiger partial charge on any atom is -0.494 e. The Bertz CT molecular complexity index is 1180. The van der Waals surface area contributed by atoms with Crippen LogP contribution in [-0.4, -0.2) is 44.6 Å². The zero-order valence-electron chi connectivity index (χ0n) is 16.8. The number of aliphatic hydroxyl groups excluding tert-OH is 1. The van der Waals surface area contributed by atoms with Crippen molar-refractivity contribution in [2.24, 2.45) is 7.05 Å². The van der Waals surface area contributed by atoms with Gasteiger partial charge in [-0.05, 0) is 31.2 Å². The van der Waals surface area contributed by atoms with Crippen LogP contribution in [0.4, 0.5) is 15.8 Å². The van der Waals surface area contributed by atoms with E-state index in [1.165, 1.54) is 12.1 Å². The van der Waals surface area contributed by atoms with E-state index in [1.54, 1.807) is 23.1 Å². The van der Waals surface area contributed by atoms with Crippen LogP contribution < -0.4 is 9.64 Å². The molecule has 0 atom stereocenters. The minimum atomic E-state index is -0.404. The molecule has 0 radical (unpaired) electrons. The summed E-state index contributed by atoms with van der Waals surface area (Å²) in [5.41, 5.74) is 4.37. The maximum atomic E-state index is 14.2. The quantitative estimate of drug-likeness (QED) is 0.503. The Morgan fingerprint density at radius 1 is 1.10 bits per heavy atom. The third-order valence-electron chi connectivity index (χ3n) is 4.64. The van der Waals surface area contributed by atoms with Crippen LogP contribution in [0, 0.1) is 5.82 Å². The molecule has 0 saturated carbocycles. The fraction of sp³-hybridized carbons (Fsp3) is 0.227. The summed E-state index contributed by atoms with van der Waals surface area (Å²) in [6.45, 7) is 2.47. The van der Waals surface area contributed by atoms with Gasteiger partial charge in [0.25, 0.3) is 0 Å². The average molecular weight is 407 g/mol. The third-order valence-corrected chi connectivity index (χ3v) is 4.64. The smallest absolute Gasteiger partial charge is 0.128 e. The summed E-state index contributed by atoms with van der Waals surface area (Å²) in [4.78, 5) is 11.0. The van der Waals surface area contributed by atoms with Gasteiger partial charge in [0.15, 0.2) is 0 Å². The number of fused-ring (bicyclic) bond motifs is 1. The van der Waals surface area contributed by atoms with Crippen LogP contribution in [0.25, 0.3) is 22.3 Å². The predicted octanol–water partition coefficient (Wildman–Crippen LogP) is 3.70. The zero-order valence-corrected chi connectivity index (χ0v) is 16.8. The molecule has 0 unspecified atom stereocenters. The largest absolute Gasteiger partial charge is 0.494 e. The number of hydrogen-bond donors (Lipinski definition) is 1. The van der Waals surface area contributed by atoms with Crippen LogP contribution in [0.2, 0.25) is 0 Å². The number of halogens is 1. The maximum Gasteiger partial charge on any atom is 0.128 e. The Morgan fingerprint density at radius 3 is 2.70 bits per heavy atom. The fourth-order valence-corrected chi connectivity index (χ4v) is 3.32. The molecule has 4 rings (SSSR count). The summed E-state index contributed by atoms with van der Waals surface area (Å²) in [6.07, 6.45) is 5.32. The molecule has 2 heterocycles. The van der Waals surface area contributed by atoms with E-state index in [9.17, 15) is 9.50 Å². The highest BCUT2D eigenvalue weighted by atomic mass is 19.1. The van der Waals surface area contributed by atoms with Gasteiger partial charge < -0.3 is 14.7 Å². The van der Waals surface area contributed by atoms with Gasteiger partial charge in [0.05, 0.1) is 42.3 Å². The van der Waals surface area contributed by atoms with Gasteiger partial charge in [-0.3, -0.25) is 9.67 Å². The average Bonchev–Trinajstić information content (AvgIpc) is 3.17. The van der Waals surface area contributed by atoms with E-state index in [-0.39, 0.29) is 13.2 Å². The highest BCUT2D eigenvalue weighted by Crippen LogP contribution is 2.31. The molecule has 0 aliphatic rings. The first-order chi connectivity index (χ1) is 14.6. The van der Waals surface area contributed by atoms with Crippen molar-refractivity contribution >= 4 is 22.4 Å². The van der Waals surface area contributed by atoms with E-state index in [1.807, 2.05) is 43.3 Å². The molecule has 4 aromatic rings. The first-order valence-corrected chi connectivity index (χ1v) is 9.65. The predicted molar refractivity (Wildman–Crippen MR) is 113 cm³/mol. The lowest BCUT2D eigenvalue weighted by atomic mass is 10.2. The second-order valence-electron chi connectivity index (χ2n) is 6.78. The molecule has 0 saturated heterocycles. The molecular formula is C22H22FN5O2. The van der Waals surface area contributed by atoms with E-state index in [4.69, 9.17) is 9.72 Å². The van der Waals surface area contributed by atoms with Crippen molar-refractivity contribution in [3.05, 3.63) is 60.8 Å². The topological polar surface area (TPSA) is 76.3 Å². The van der Waals surface area contributed by atoms with Crippen LogP contribution in [0.5, 0.6) is 5.75 Å². The van der Waals surface area contributed by atoms with Crippen LogP contribution in [0.15, 0.2) is 55.0 Å². The summed E-state index contributed by atoms with van der Waals surface area (Å²) >= 11 is 0. The second kappa shape index (κ2) is 8.46. The Labute approximate surface area is 173 Å². The van der Waals surface area contributed by atoms with Crippen molar-refractivity contribution in [2.45, 2.75) is 6.92 Å². The van der Waals surface area contributed by atoms with E-state index in [2.05, 4.69) is 10.1 Å². The van der Waals surface area contributed by atoms with Gasteiger partial charge in [0.2, 0.25) is 0 Å². The highest BCUT2D eigenvalue weighted by molar-refractivity contribution is 5.82. The van der Waals surface area contributed by atoms with Gasteiger partial charge in [0.1, 0.15) is 11.6 Å². The van der Waals surface area contributed by atoms with Crippen LogP contribution in [0.1, 0.15) is 6.92 Å². The number of nitrogens with zero attached hydrogens (tertiary/aromatic N) is 5. The first-order valence-electron chi connectivity index (χ1n) is 9.65. The number of aryl methyl sites for hydroxylation is 1. The van der Waals surface area contributed by atoms with Gasteiger partial charge in [-0.2, -0.15) is 5.10 Å². The lowest BCUT2D eigenvalue weighted by molar-refractivity contribution is 0.305. The Kier molecular flexibility index (Phi) is 5.58. The lowest BCUT2D eigenvalue weighted by Crippen LogP contribution is -2.21. The fourth-order valence-electron chi connectivity index (χ4n) is 3.32.